The first-order valence-corrected chi connectivity index (χ1v) is 20.9. The maximum absolute atomic E-state index is 3.04. The van der Waals surface area contributed by atoms with Crippen molar-refractivity contribution in [1.82, 2.24) is 0 Å². The van der Waals surface area contributed by atoms with Crippen molar-refractivity contribution < 1.29 is 17.1 Å². The van der Waals surface area contributed by atoms with Gasteiger partial charge in [0.15, 0.2) is 0 Å². The van der Waals surface area contributed by atoms with Crippen molar-refractivity contribution in [3.05, 3.63) is 54.1 Å². The number of hydrogen-bond donors (Lipinski definition) is 0. The fourth-order valence-corrected chi connectivity index (χ4v) is 20.1. The third-order valence-electron chi connectivity index (χ3n) is 10.5. The molecule has 4 heteroatoms. The topological polar surface area (TPSA) is 0 Å². The average Bonchev–Trinajstić information content (AvgIpc) is 3.72. The molecule has 0 aliphatic heterocycles. The Morgan fingerprint density at radius 3 is 1.35 bits per heavy atom. The zero-order chi connectivity index (χ0) is 26.9. The third-order valence-corrected chi connectivity index (χ3v) is 20.1. The zero-order valence-corrected chi connectivity index (χ0v) is 30.2. The van der Waals surface area contributed by atoms with E-state index in [0.717, 1.165) is 22.6 Å². The fraction of sp³-hybridized carbons (Fsp3) is 0.722. The Kier molecular flexibility index (Phi) is 14.6. The van der Waals surface area contributed by atoms with Crippen LogP contribution in [0.1, 0.15) is 141 Å². The van der Waals surface area contributed by atoms with Gasteiger partial charge in [-0.15, -0.1) is 10.9 Å². The second kappa shape index (κ2) is 17.3. The summed E-state index contributed by atoms with van der Waals surface area (Å²) >= 11 is 3.04. The number of rotatable bonds is 7. The molecule has 2 aromatic rings. The van der Waals surface area contributed by atoms with Crippen LogP contribution in [-0.4, -0.2) is 22.6 Å². The smallest absolute Gasteiger partial charge is 0.0213 e. The minimum Gasteiger partial charge on any atom is -0.748 e. The molecule has 1 unspecified atom stereocenters. The molecular weight excluding hydrogens is 677 g/mol. The molecule has 0 N–H and O–H groups in total. The number of halogens is 1. The number of alkyl halides is 1. The van der Waals surface area contributed by atoms with Crippen molar-refractivity contribution >= 4 is 43.7 Å². The second-order valence-corrected chi connectivity index (χ2v) is 22.2. The summed E-state index contributed by atoms with van der Waals surface area (Å²) in [7, 11) is 0.0362. The van der Waals surface area contributed by atoms with Gasteiger partial charge in [0.05, 0.1) is 0 Å². The molecule has 0 spiro atoms. The Morgan fingerprint density at radius 1 is 0.625 bits per heavy atom. The SMILES string of the molecule is CC(I)([c-]1cccc1P(C1CCCCC1)C1CCCCC1)P(C1CCCCC1)C1CCCCC1.[Fe].[cH-]1[cH-][cH-][cH-][cH-]1. The summed E-state index contributed by atoms with van der Waals surface area (Å²) in [4.78, 5) is 0. The van der Waals surface area contributed by atoms with E-state index in [1.165, 1.54) is 128 Å². The Hall–Kier alpha value is 0.809. The summed E-state index contributed by atoms with van der Waals surface area (Å²) in [5.74, 6) is 0. The summed E-state index contributed by atoms with van der Waals surface area (Å²) in [6, 6.07) is 17.8. The van der Waals surface area contributed by atoms with E-state index in [-0.39, 0.29) is 32.9 Å². The van der Waals surface area contributed by atoms with Gasteiger partial charge in [-0.1, -0.05) is 122 Å². The molecule has 40 heavy (non-hydrogen) atoms. The van der Waals surface area contributed by atoms with Crippen molar-refractivity contribution in [2.75, 3.05) is 0 Å². The Labute approximate surface area is 274 Å². The molecule has 4 aliphatic carbocycles. The molecule has 0 bridgehead atoms. The maximum Gasteiger partial charge on any atom is 0.0213 e. The van der Waals surface area contributed by atoms with Gasteiger partial charge in [-0.05, 0) is 74.0 Å². The standard InChI is InChI=1S/C31H50IP2.C5H5.Fe/c1-31(32,34(27-19-10-4-11-20-27)28-21-12-5-13-22-28)29-23-14-24-30(29)33(25-15-6-2-7-16-25)26-17-8-3-9-18-26;1-2-4-5-3-1;/h14,23-28H,2-13,15-22H2,1H3;1-5H;/q-1;-5;. The summed E-state index contributed by atoms with van der Waals surface area (Å²) in [5, 5.41) is 1.91. The average molecular weight is 733 g/mol. The first-order chi connectivity index (χ1) is 19.2. The normalized spacial score (nSPS) is 23.8. The van der Waals surface area contributed by atoms with Gasteiger partial charge >= 0.3 is 0 Å². The van der Waals surface area contributed by atoms with Crippen LogP contribution in [-0.2, 0) is 20.2 Å². The van der Waals surface area contributed by atoms with E-state index >= 15 is 0 Å². The molecule has 2 aromatic carbocycles. The van der Waals surface area contributed by atoms with Crippen molar-refractivity contribution in [2.24, 2.45) is 0 Å². The van der Waals surface area contributed by atoms with Crippen LogP contribution in [0, 0.1) is 0 Å². The molecule has 4 saturated carbocycles. The molecule has 6 rings (SSSR count). The number of hydrogen-bond acceptors (Lipinski definition) is 0. The van der Waals surface area contributed by atoms with Gasteiger partial charge in [0.1, 0.15) is 0 Å². The Bertz CT molecular complexity index is 859. The quantitative estimate of drug-likeness (QED) is 0.0874. The van der Waals surface area contributed by atoms with E-state index in [1.54, 1.807) is 0 Å². The summed E-state index contributed by atoms with van der Waals surface area (Å²) in [6.07, 6.45) is 30.3. The molecule has 0 nitrogen and oxygen atoms in total. The third kappa shape index (κ3) is 8.71. The molecular formula is C36H55FeIP2-6. The summed E-state index contributed by atoms with van der Waals surface area (Å²) in [6.45, 7) is 2.73. The molecule has 4 fully saturated rings. The van der Waals surface area contributed by atoms with E-state index in [0.29, 0.717) is 3.16 Å². The molecule has 0 aromatic heterocycles. The van der Waals surface area contributed by atoms with Gasteiger partial charge in [0.2, 0.25) is 0 Å². The van der Waals surface area contributed by atoms with Crippen molar-refractivity contribution in [3.8, 4) is 0 Å². The van der Waals surface area contributed by atoms with Gasteiger partial charge in [-0.25, -0.2) is 12.1 Å². The van der Waals surface area contributed by atoms with Crippen LogP contribution >= 0.6 is 38.4 Å². The first kappa shape index (κ1) is 33.7. The first-order valence-electron chi connectivity index (χ1n) is 16.8. The van der Waals surface area contributed by atoms with E-state index in [2.05, 4.69) is 47.7 Å². The van der Waals surface area contributed by atoms with Crippen LogP contribution < -0.4 is 5.30 Å². The largest absolute Gasteiger partial charge is 0.748 e. The van der Waals surface area contributed by atoms with E-state index in [1.807, 2.05) is 41.2 Å². The molecule has 0 heterocycles. The molecule has 1 atom stereocenters. The Balaban J connectivity index is 0.000000557. The molecule has 0 amide bonds. The van der Waals surface area contributed by atoms with Crippen LogP contribution in [0.15, 0.2) is 48.5 Å². The summed E-state index contributed by atoms with van der Waals surface area (Å²) < 4.78 is 0.375. The van der Waals surface area contributed by atoms with Crippen LogP contribution in [0.5, 0.6) is 0 Å². The van der Waals surface area contributed by atoms with Crippen LogP contribution in [0.3, 0.4) is 0 Å². The fourth-order valence-electron chi connectivity index (χ4n) is 8.59. The van der Waals surface area contributed by atoms with Gasteiger partial charge in [-0.2, -0.15) is 6.07 Å². The van der Waals surface area contributed by atoms with Crippen LogP contribution in [0.2, 0.25) is 0 Å². The molecule has 0 saturated heterocycles. The maximum atomic E-state index is 3.04. The van der Waals surface area contributed by atoms with Gasteiger partial charge in [0.25, 0.3) is 0 Å². The van der Waals surface area contributed by atoms with Crippen LogP contribution in [0.4, 0.5) is 0 Å². The van der Waals surface area contributed by atoms with Crippen LogP contribution in [0.25, 0.3) is 0 Å². The monoisotopic (exact) mass is 732 g/mol. The van der Waals surface area contributed by atoms with E-state index in [4.69, 9.17) is 0 Å². The van der Waals surface area contributed by atoms with Gasteiger partial charge < -0.3 is 30.3 Å². The predicted molar refractivity (Wildman–Crippen MR) is 186 cm³/mol. The van der Waals surface area contributed by atoms with Gasteiger partial charge in [-0.3, -0.25) is 0 Å². The van der Waals surface area contributed by atoms with Crippen molar-refractivity contribution in [3.63, 3.8) is 0 Å². The van der Waals surface area contributed by atoms with Gasteiger partial charge in [0, 0.05) is 20.2 Å². The Morgan fingerprint density at radius 2 is 0.975 bits per heavy atom. The molecule has 0 radical (unpaired) electrons. The van der Waals surface area contributed by atoms with Crippen molar-refractivity contribution in [1.29, 1.82) is 0 Å². The minimum absolute atomic E-state index is 0. The summed E-state index contributed by atoms with van der Waals surface area (Å²) in [5.41, 5.74) is 5.96. The van der Waals surface area contributed by atoms with E-state index < -0.39 is 0 Å². The second-order valence-electron chi connectivity index (χ2n) is 13.2. The molecule has 230 valence electrons. The zero-order valence-electron chi connectivity index (χ0n) is 25.2. The van der Waals surface area contributed by atoms with Crippen molar-refractivity contribution in [2.45, 2.75) is 161 Å². The molecule has 4 aliphatic rings. The minimum atomic E-state index is 0. The van der Waals surface area contributed by atoms with E-state index in [9.17, 15) is 0 Å². The predicted octanol–water partition coefficient (Wildman–Crippen LogP) is 12.3.